The minimum absolute atomic E-state index is 0.530. The molecule has 0 radical (unpaired) electrons. The van der Waals surface area contributed by atoms with Crippen molar-refractivity contribution in [2.75, 3.05) is 0 Å². The molecular weight excluding hydrogens is 468 g/mol. The van der Waals surface area contributed by atoms with Gasteiger partial charge in [0.05, 0.1) is 0 Å². The predicted molar refractivity (Wildman–Crippen MR) is 144 cm³/mol. The van der Waals surface area contributed by atoms with Gasteiger partial charge in [0.1, 0.15) is 0 Å². The highest BCUT2D eigenvalue weighted by Gasteiger charge is 1.97. The van der Waals surface area contributed by atoms with Gasteiger partial charge in [0.15, 0.2) is 9.93 Å². The van der Waals surface area contributed by atoms with Crippen LogP contribution in [-0.2, 0) is 11.6 Å². The maximum atomic E-state index is 5.60. The fraction of sp³-hybridized carbons (Fsp3) is 0.0769. The van der Waals surface area contributed by atoms with Crippen LogP contribution in [0.15, 0.2) is 104 Å². The van der Waals surface area contributed by atoms with E-state index in [2.05, 4.69) is 69.6 Å². The lowest BCUT2D eigenvalue weighted by Crippen LogP contribution is -1.85. The van der Waals surface area contributed by atoms with Gasteiger partial charge in [-0.2, -0.15) is 0 Å². The van der Waals surface area contributed by atoms with Crippen LogP contribution >= 0.6 is 35.6 Å². The SMILES string of the molecule is C=Cc1ccc(CCl)cc1.C=Cc1ccc(CSc2ncccn2)cc1.S=c1nccc[nH]1. The van der Waals surface area contributed by atoms with Crippen LogP contribution in [0.3, 0.4) is 0 Å². The van der Waals surface area contributed by atoms with Crippen LogP contribution in [0.1, 0.15) is 22.3 Å². The Morgan fingerprint density at radius 1 is 0.818 bits per heavy atom. The number of nitrogens with zero attached hydrogens (tertiary/aromatic N) is 3. The normalized spacial score (nSPS) is 9.48. The molecule has 0 bridgehead atoms. The van der Waals surface area contributed by atoms with E-state index in [0.717, 1.165) is 27.6 Å². The largest absolute Gasteiger partial charge is 0.337 e. The van der Waals surface area contributed by atoms with Crippen molar-refractivity contribution in [3.63, 3.8) is 0 Å². The molecule has 7 heteroatoms. The third-order valence-corrected chi connectivity index (χ3v) is 5.55. The molecule has 0 aliphatic heterocycles. The van der Waals surface area contributed by atoms with Crippen molar-refractivity contribution in [2.24, 2.45) is 0 Å². The second-order valence-corrected chi connectivity index (χ2v) is 8.03. The van der Waals surface area contributed by atoms with Gasteiger partial charge in [-0.05, 0) is 46.6 Å². The number of halogens is 1. The number of H-pyrrole nitrogens is 1. The maximum absolute atomic E-state index is 5.60. The van der Waals surface area contributed by atoms with Crippen molar-refractivity contribution in [3.8, 4) is 0 Å². The fourth-order valence-corrected chi connectivity index (χ4v) is 3.38. The monoisotopic (exact) mass is 492 g/mol. The van der Waals surface area contributed by atoms with Crippen molar-refractivity contribution in [2.45, 2.75) is 16.8 Å². The minimum atomic E-state index is 0.530. The first-order valence-electron chi connectivity index (χ1n) is 10.0. The number of nitrogens with one attached hydrogen (secondary N) is 1. The number of thioether (sulfide) groups is 1. The van der Waals surface area contributed by atoms with Crippen molar-refractivity contribution in [1.29, 1.82) is 0 Å². The zero-order chi connectivity index (χ0) is 23.7. The lowest BCUT2D eigenvalue weighted by Gasteiger charge is -2.00. The lowest BCUT2D eigenvalue weighted by atomic mass is 10.1. The van der Waals surface area contributed by atoms with Crippen LogP contribution in [0.25, 0.3) is 12.2 Å². The Morgan fingerprint density at radius 2 is 1.36 bits per heavy atom. The highest BCUT2D eigenvalue weighted by atomic mass is 35.5. The zero-order valence-corrected chi connectivity index (χ0v) is 20.5. The number of benzene rings is 2. The second kappa shape index (κ2) is 15.7. The molecule has 0 aliphatic carbocycles. The highest BCUT2D eigenvalue weighted by molar-refractivity contribution is 7.98. The minimum Gasteiger partial charge on any atom is -0.337 e. The summed E-state index contributed by atoms with van der Waals surface area (Å²) in [6.07, 6.45) is 10.6. The van der Waals surface area contributed by atoms with E-state index in [9.17, 15) is 0 Å². The van der Waals surface area contributed by atoms with Gasteiger partial charge in [-0.3, -0.25) is 0 Å². The summed E-state index contributed by atoms with van der Waals surface area (Å²) in [4.78, 5) is 14.8. The van der Waals surface area contributed by atoms with Crippen LogP contribution < -0.4 is 0 Å². The molecule has 0 spiro atoms. The predicted octanol–water partition coefficient (Wildman–Crippen LogP) is 7.62. The zero-order valence-electron chi connectivity index (χ0n) is 18.1. The van der Waals surface area contributed by atoms with E-state index in [1.807, 2.05) is 42.5 Å². The first-order valence-corrected chi connectivity index (χ1v) is 12.0. The molecule has 168 valence electrons. The number of rotatable bonds is 6. The van der Waals surface area contributed by atoms with E-state index in [0.29, 0.717) is 10.7 Å². The molecule has 2 aromatic carbocycles. The molecule has 0 amide bonds. The summed E-state index contributed by atoms with van der Waals surface area (Å²) in [7, 11) is 0. The van der Waals surface area contributed by atoms with Crippen LogP contribution in [0.5, 0.6) is 0 Å². The smallest absolute Gasteiger partial charge is 0.196 e. The summed E-state index contributed by atoms with van der Waals surface area (Å²) in [5, 5.41) is 0.815. The van der Waals surface area contributed by atoms with E-state index < -0.39 is 0 Å². The molecule has 4 nitrogen and oxygen atoms in total. The maximum Gasteiger partial charge on any atom is 0.196 e. The number of aromatic nitrogens is 4. The molecule has 0 atom stereocenters. The number of hydrogen-bond donors (Lipinski definition) is 1. The Labute approximate surface area is 209 Å². The average molecular weight is 493 g/mol. The standard InChI is InChI=1S/C13H12N2S.C9H9Cl.C4H4N2S/c1-2-11-4-6-12(7-5-11)10-16-13-14-8-3-9-15-13;1-2-8-3-5-9(7-10)6-4-8;7-4-5-2-1-3-6-4/h2-9H,1,10H2;2-6H,1,7H2;1-3H,(H,5,6,7). The lowest BCUT2D eigenvalue weighted by molar-refractivity contribution is 0.966. The Balaban J connectivity index is 0.000000193. The molecule has 0 saturated carbocycles. The molecule has 2 aromatic heterocycles. The number of aromatic amines is 1. The first-order chi connectivity index (χ1) is 16.1. The second-order valence-electron chi connectivity index (χ2n) is 6.43. The van der Waals surface area contributed by atoms with Gasteiger partial charge in [0.25, 0.3) is 0 Å². The van der Waals surface area contributed by atoms with Crippen LogP contribution in [0, 0.1) is 4.77 Å². The van der Waals surface area contributed by atoms with Crippen LogP contribution in [0.4, 0.5) is 0 Å². The Kier molecular flexibility index (Phi) is 12.5. The Bertz CT molecular complexity index is 1130. The van der Waals surface area contributed by atoms with Crippen molar-refractivity contribution in [1.82, 2.24) is 19.9 Å². The Hall–Kier alpha value is -3.06. The van der Waals surface area contributed by atoms with Crippen LogP contribution in [-0.4, -0.2) is 19.9 Å². The summed E-state index contributed by atoms with van der Waals surface area (Å²) in [5.41, 5.74) is 4.69. The molecule has 0 fully saturated rings. The van der Waals surface area contributed by atoms with Gasteiger partial charge in [0, 0.05) is 36.4 Å². The van der Waals surface area contributed by atoms with E-state index in [4.69, 9.17) is 11.6 Å². The molecule has 4 aromatic rings. The summed E-state index contributed by atoms with van der Waals surface area (Å²) < 4.78 is 0.530. The summed E-state index contributed by atoms with van der Waals surface area (Å²) >= 11 is 11.9. The molecule has 0 unspecified atom stereocenters. The summed E-state index contributed by atoms with van der Waals surface area (Å²) in [5.74, 6) is 1.47. The number of alkyl halides is 1. The van der Waals surface area contributed by atoms with E-state index in [1.165, 1.54) is 5.56 Å². The summed E-state index contributed by atoms with van der Waals surface area (Å²) in [6.45, 7) is 7.38. The van der Waals surface area contributed by atoms with Gasteiger partial charge in [-0.1, -0.05) is 85.6 Å². The van der Waals surface area contributed by atoms with Crippen LogP contribution in [0.2, 0.25) is 0 Å². The molecular formula is C26H25ClN4S2. The Morgan fingerprint density at radius 3 is 1.79 bits per heavy atom. The topological polar surface area (TPSA) is 54.5 Å². The van der Waals surface area contributed by atoms with E-state index >= 15 is 0 Å². The van der Waals surface area contributed by atoms with Gasteiger partial charge in [0.2, 0.25) is 0 Å². The van der Waals surface area contributed by atoms with Gasteiger partial charge >= 0.3 is 0 Å². The number of hydrogen-bond acceptors (Lipinski definition) is 5. The van der Waals surface area contributed by atoms with Crippen molar-refractivity contribution < 1.29 is 0 Å². The summed E-state index contributed by atoms with van der Waals surface area (Å²) in [6, 6.07) is 20.0. The van der Waals surface area contributed by atoms with E-state index in [-0.39, 0.29) is 0 Å². The molecule has 0 aliphatic rings. The molecule has 0 saturated heterocycles. The quantitative estimate of drug-likeness (QED) is 0.130. The molecule has 33 heavy (non-hydrogen) atoms. The molecule has 4 rings (SSSR count). The van der Waals surface area contributed by atoms with Gasteiger partial charge in [-0.25, -0.2) is 15.0 Å². The van der Waals surface area contributed by atoms with Crippen molar-refractivity contribution in [3.05, 3.63) is 126 Å². The first kappa shape index (κ1) is 26.2. The van der Waals surface area contributed by atoms with Gasteiger partial charge in [-0.15, -0.1) is 11.6 Å². The fourth-order valence-electron chi connectivity index (χ4n) is 2.31. The molecule has 2 heterocycles. The molecule has 1 N–H and O–H groups in total. The van der Waals surface area contributed by atoms with Gasteiger partial charge < -0.3 is 4.98 Å². The van der Waals surface area contributed by atoms with E-state index in [1.54, 1.807) is 42.6 Å². The van der Waals surface area contributed by atoms with Crippen molar-refractivity contribution >= 4 is 47.7 Å². The average Bonchev–Trinajstić information content (AvgIpc) is 2.89. The third-order valence-electron chi connectivity index (χ3n) is 4.08. The third kappa shape index (κ3) is 10.9. The highest BCUT2D eigenvalue weighted by Crippen LogP contribution is 2.18.